The van der Waals surface area contributed by atoms with Gasteiger partial charge < -0.3 is 115 Å². The van der Waals surface area contributed by atoms with E-state index >= 15 is 0 Å². The predicted molar refractivity (Wildman–Crippen MR) is 417 cm³/mol. The third-order valence-electron chi connectivity index (χ3n) is 19.5. The maximum absolute atomic E-state index is 14.5. The van der Waals surface area contributed by atoms with Crippen LogP contribution in [0, 0.1) is 6.92 Å². The van der Waals surface area contributed by atoms with Gasteiger partial charge in [-0.15, -0.1) is 0 Å². The topological polar surface area (TPSA) is 323 Å². The first kappa shape index (κ1) is 88.4. The zero-order valence-electron chi connectivity index (χ0n) is 65.9. The number of benzene rings is 3. The molecule has 5 atom stereocenters. The van der Waals surface area contributed by atoms with Gasteiger partial charge in [-0.3, -0.25) is 28.9 Å². The maximum Gasteiger partial charge on any atom is 0.411 e. The van der Waals surface area contributed by atoms with Crippen molar-refractivity contribution in [2.24, 2.45) is 5.16 Å². The zero-order valence-corrected chi connectivity index (χ0v) is 65.9. The van der Waals surface area contributed by atoms with Crippen LogP contribution in [0.3, 0.4) is 0 Å². The molecule has 3 N–H and O–H groups in total. The van der Waals surface area contributed by atoms with Crippen LogP contribution < -0.4 is 29.1 Å². The number of amides is 5. The van der Waals surface area contributed by atoms with Gasteiger partial charge in [-0.25, -0.2) is 0 Å². The van der Waals surface area contributed by atoms with E-state index in [-0.39, 0.29) is 68.0 Å². The standard InChI is InChI=1S/C79H115B2N7O24/c1-57-43-66-60(4)87(80(5)94)67-51-72(71(96-7)49-65(67)78(93)85(66)53-57)110-56-63-47-61(46-62(48-63)55-109-70-50-68-64(45-59(70)3)77(92)86-54-58(2)44-69(86)79(88(68)81(6)95)112-76-14-10-12-19-108-76)52-83-111-42-41-107-40-39-106-38-37-105-36-35-104-34-33-103-32-31-102-30-29-101-28-27-100-26-25-99-24-23-98-22-21-97-20-17-82-73(89)13-9-8-11-18-84-74(90)15-16-75(84)91/h15-16,45-52,60,66,69,76,79,94-95H,1-2,8-14,17-44,53-56H2,3-7H3,(H,82,89)/t60-,66-,69-,76?,79-/m0/s1. The quantitative estimate of drug-likeness (QED) is 0.0147. The molecule has 0 aromatic heterocycles. The number of fused-ring (bicyclic) bond motifs is 4. The lowest BCUT2D eigenvalue weighted by atomic mass is 9.80. The number of nitrogens with zero attached hydrogens (tertiary/aromatic N) is 6. The van der Waals surface area contributed by atoms with Crippen molar-refractivity contribution >= 4 is 61.2 Å². The highest BCUT2D eigenvalue weighted by Crippen LogP contribution is 2.44. The molecule has 112 heavy (non-hydrogen) atoms. The summed E-state index contributed by atoms with van der Waals surface area (Å²) in [7, 11) is -0.465. The first-order chi connectivity index (χ1) is 54.5. The summed E-state index contributed by atoms with van der Waals surface area (Å²) in [6.45, 7) is 27.2. The van der Waals surface area contributed by atoms with E-state index in [1.165, 1.54) is 24.2 Å². The second-order valence-corrected chi connectivity index (χ2v) is 28.0. The largest absolute Gasteiger partial charge is 0.493 e. The van der Waals surface area contributed by atoms with Crippen molar-refractivity contribution in [3.8, 4) is 17.2 Å². The van der Waals surface area contributed by atoms with E-state index in [1.54, 1.807) is 47.8 Å². The van der Waals surface area contributed by atoms with E-state index < -0.39 is 32.7 Å². The van der Waals surface area contributed by atoms with Crippen molar-refractivity contribution in [1.29, 1.82) is 0 Å². The number of carbonyl (C=O) groups is 5. The lowest BCUT2D eigenvalue weighted by molar-refractivity contribution is -0.194. The summed E-state index contributed by atoms with van der Waals surface area (Å²) in [5.74, 6) is 0.234. The number of aryl methyl sites for hydroxylation is 1. The first-order valence-electron chi connectivity index (χ1n) is 39.2. The van der Waals surface area contributed by atoms with E-state index in [0.717, 1.165) is 41.5 Å². The second-order valence-electron chi connectivity index (χ2n) is 28.0. The lowest BCUT2D eigenvalue weighted by Gasteiger charge is -2.40. The number of hydrogen-bond acceptors (Lipinski definition) is 27. The molecule has 0 spiro atoms. The normalized spacial score (nSPS) is 18.9. The van der Waals surface area contributed by atoms with Crippen molar-refractivity contribution < 1.29 is 115 Å². The molecule has 31 nitrogen and oxygen atoms in total. The SMILES string of the molecule is C=C1C[C@H]2[C@H](C)N(B(C)O)c3cc(OCc4cc(C=NOCCOCCOCCOCCOCCOCCOCCOCCOCCOCCOCCOCCNC(=O)CCCCCN5C(=O)C=CC5=O)cc(COc5cc6c(cc5C)C(=O)N5CC(=C)C[C@H]5[C@H](OC5CCCCO5)N6B(C)O)c4)c(OC)cc3C(=O)N2C1. The van der Waals surface area contributed by atoms with E-state index in [9.17, 15) is 34.0 Å². The number of methoxy groups -OCH3 is 1. The maximum atomic E-state index is 14.5. The van der Waals surface area contributed by atoms with Gasteiger partial charge in [-0.1, -0.05) is 35.9 Å². The fraction of sp³-hybridized carbons (Fsp3) is 0.620. The third-order valence-corrected chi connectivity index (χ3v) is 19.5. The molecule has 0 bridgehead atoms. The molecule has 3 aromatic rings. The van der Waals surface area contributed by atoms with E-state index in [4.69, 9.17) is 80.6 Å². The minimum Gasteiger partial charge on any atom is -0.493 e. The van der Waals surface area contributed by atoms with Crippen LogP contribution in [0.2, 0.25) is 13.6 Å². The zero-order chi connectivity index (χ0) is 79.4. The predicted octanol–water partition coefficient (Wildman–Crippen LogP) is 5.96. The number of carbonyl (C=O) groups excluding carboxylic acids is 5. The van der Waals surface area contributed by atoms with Gasteiger partial charge in [0.15, 0.2) is 17.8 Å². The Morgan fingerprint density at radius 2 is 1.05 bits per heavy atom. The van der Waals surface area contributed by atoms with Gasteiger partial charge in [0.25, 0.3) is 23.6 Å². The Morgan fingerprint density at radius 1 is 0.580 bits per heavy atom. The Hall–Kier alpha value is -7.57. The number of oxime groups is 1. The summed E-state index contributed by atoms with van der Waals surface area (Å²) in [6.07, 6.45) is 9.10. The highest BCUT2D eigenvalue weighted by molar-refractivity contribution is 6.54. The number of unbranched alkanes of at least 4 members (excludes halogenated alkanes) is 2. The van der Waals surface area contributed by atoms with Gasteiger partial charge in [0.05, 0.1) is 182 Å². The fourth-order valence-electron chi connectivity index (χ4n) is 14.0. The van der Waals surface area contributed by atoms with Crippen molar-refractivity contribution in [3.63, 3.8) is 0 Å². The van der Waals surface area contributed by atoms with Crippen molar-refractivity contribution in [2.45, 2.75) is 129 Å². The average molecular weight is 1570 g/mol. The molecule has 0 saturated carbocycles. The highest BCUT2D eigenvalue weighted by atomic mass is 16.7. The van der Waals surface area contributed by atoms with Crippen LogP contribution in [0.5, 0.6) is 17.2 Å². The molecule has 3 fully saturated rings. The third kappa shape index (κ3) is 27.6. The van der Waals surface area contributed by atoms with Crippen LogP contribution >= 0.6 is 0 Å². The van der Waals surface area contributed by atoms with Crippen LogP contribution in [0.4, 0.5) is 11.4 Å². The summed E-state index contributed by atoms with van der Waals surface area (Å²) in [5, 5.41) is 29.9. The molecule has 1 unspecified atom stereocenters. The van der Waals surface area contributed by atoms with Gasteiger partial charge in [0, 0.05) is 80.9 Å². The van der Waals surface area contributed by atoms with Crippen LogP contribution in [0.1, 0.15) is 108 Å². The Bertz CT molecular complexity index is 3530. The summed E-state index contributed by atoms with van der Waals surface area (Å²) in [6, 6.07) is 12.0. The van der Waals surface area contributed by atoms with Crippen LogP contribution in [0.25, 0.3) is 0 Å². The summed E-state index contributed by atoms with van der Waals surface area (Å²) in [4.78, 5) is 77.9. The van der Waals surface area contributed by atoms with Gasteiger partial charge in [-0.05, 0) is 125 Å². The lowest BCUT2D eigenvalue weighted by Crippen LogP contribution is -2.56. The Morgan fingerprint density at radius 3 is 1.56 bits per heavy atom. The Labute approximate surface area is 658 Å². The molecule has 33 heteroatoms. The molecule has 616 valence electrons. The molecule has 9 rings (SSSR count). The number of imide groups is 1. The van der Waals surface area contributed by atoms with Crippen molar-refractivity contribution in [3.05, 3.63) is 112 Å². The molecule has 0 aliphatic carbocycles. The molecule has 6 aliphatic heterocycles. The minimum absolute atomic E-state index is 0.0523. The molecular weight excluding hydrogens is 1450 g/mol. The van der Waals surface area contributed by atoms with Gasteiger partial charge >= 0.3 is 14.1 Å². The van der Waals surface area contributed by atoms with Crippen molar-refractivity contribution in [1.82, 2.24) is 20.0 Å². The molecule has 6 aliphatic rings. The van der Waals surface area contributed by atoms with Gasteiger partial charge in [0.2, 0.25) is 5.91 Å². The fourth-order valence-corrected chi connectivity index (χ4v) is 14.0. The van der Waals surface area contributed by atoms with E-state index in [1.807, 2.05) is 47.8 Å². The van der Waals surface area contributed by atoms with Crippen LogP contribution in [-0.2, 0) is 94.0 Å². The van der Waals surface area contributed by atoms with Crippen molar-refractivity contribution in [2.75, 3.05) is 201 Å². The van der Waals surface area contributed by atoms with E-state index in [2.05, 4.69) is 23.6 Å². The molecule has 3 aromatic carbocycles. The average Bonchev–Trinajstić information content (AvgIpc) is 1.62. The smallest absolute Gasteiger partial charge is 0.411 e. The molecular formula is C79H115B2N7O24. The monoisotopic (exact) mass is 1570 g/mol. The summed E-state index contributed by atoms with van der Waals surface area (Å²) in [5.41, 5.74) is 6.57. The number of anilines is 2. The molecule has 0 radical (unpaired) electrons. The number of nitrogens with one attached hydrogen (secondary N) is 1. The summed E-state index contributed by atoms with van der Waals surface area (Å²) >= 11 is 0. The second kappa shape index (κ2) is 48.0. The highest BCUT2D eigenvalue weighted by Gasteiger charge is 2.48. The van der Waals surface area contributed by atoms with E-state index in [0.29, 0.717) is 261 Å². The number of hydrogen-bond donors (Lipinski definition) is 3. The first-order valence-corrected chi connectivity index (χ1v) is 39.2. The van der Waals surface area contributed by atoms with Gasteiger partial charge in [-0.2, -0.15) is 0 Å². The van der Waals surface area contributed by atoms with Gasteiger partial charge in [0.1, 0.15) is 31.8 Å². The van der Waals surface area contributed by atoms with Crippen LogP contribution in [-0.4, -0.2) is 297 Å². The minimum atomic E-state index is -1.05. The molecule has 3 saturated heterocycles. The number of rotatable bonds is 55. The number of ether oxygens (including phenoxy) is 16. The summed E-state index contributed by atoms with van der Waals surface area (Å²) < 4.78 is 93.3. The molecule has 6 heterocycles. The Balaban J connectivity index is 0.609. The molecule has 5 amide bonds. The Kier molecular flexibility index (Phi) is 37.8. The van der Waals surface area contributed by atoms with Crippen LogP contribution in [0.15, 0.2) is 84.1 Å².